The molecule has 1 aliphatic heterocycles. The molecule has 0 bridgehead atoms. The zero-order valence-electron chi connectivity index (χ0n) is 22.0. The van der Waals surface area contributed by atoms with E-state index in [0.717, 1.165) is 31.3 Å². The van der Waals surface area contributed by atoms with Gasteiger partial charge in [-0.05, 0) is 102 Å². The van der Waals surface area contributed by atoms with E-state index in [1.165, 1.54) is 6.08 Å². The smallest absolute Gasteiger partial charge is 0.335 e. The molecule has 1 heterocycles. The molecular formula is C30H28BrIN2O6. The van der Waals surface area contributed by atoms with Crippen molar-refractivity contribution in [3.05, 3.63) is 85.4 Å². The number of imide groups is 2. The summed E-state index contributed by atoms with van der Waals surface area (Å²) >= 11 is 5.56. The molecule has 10 heteroatoms. The summed E-state index contributed by atoms with van der Waals surface area (Å²) in [6, 6.07) is 17.1. The summed E-state index contributed by atoms with van der Waals surface area (Å²) in [4.78, 5) is 39.7. The molecule has 1 N–H and O–H groups in total. The van der Waals surface area contributed by atoms with Crippen LogP contribution in [0.4, 0.5) is 10.5 Å². The first-order valence-electron chi connectivity index (χ1n) is 12.8. The molecule has 1 fully saturated rings. The van der Waals surface area contributed by atoms with Gasteiger partial charge in [-0.15, -0.1) is 0 Å². The fraction of sp³-hybridized carbons (Fsp3) is 0.233. The first-order chi connectivity index (χ1) is 19.3. The number of halogens is 2. The maximum Gasteiger partial charge on any atom is 0.335 e. The van der Waals surface area contributed by atoms with Gasteiger partial charge < -0.3 is 14.2 Å². The fourth-order valence-corrected chi connectivity index (χ4v) is 4.94. The summed E-state index contributed by atoms with van der Waals surface area (Å²) < 4.78 is 19.3. The van der Waals surface area contributed by atoms with E-state index in [1.807, 2.05) is 31.2 Å². The van der Waals surface area contributed by atoms with Crippen LogP contribution in [0.1, 0.15) is 37.8 Å². The molecule has 0 unspecified atom stereocenters. The van der Waals surface area contributed by atoms with E-state index in [1.54, 1.807) is 36.4 Å². The Kier molecular flexibility index (Phi) is 10.2. The second kappa shape index (κ2) is 13.8. The summed E-state index contributed by atoms with van der Waals surface area (Å²) in [5.74, 6) is 0.180. The summed E-state index contributed by atoms with van der Waals surface area (Å²) in [5.41, 5.74) is 1.69. The highest BCUT2D eigenvalue weighted by Crippen LogP contribution is 2.36. The zero-order chi connectivity index (χ0) is 28.6. The van der Waals surface area contributed by atoms with Gasteiger partial charge in [-0.1, -0.05) is 41.4 Å². The number of carbonyl (C=O) groups excluding carboxylic acids is 3. The van der Waals surface area contributed by atoms with E-state index >= 15 is 0 Å². The largest absolute Gasteiger partial charge is 0.494 e. The van der Waals surface area contributed by atoms with Gasteiger partial charge >= 0.3 is 6.03 Å². The van der Waals surface area contributed by atoms with Crippen molar-refractivity contribution in [3.8, 4) is 17.2 Å². The van der Waals surface area contributed by atoms with Crippen LogP contribution in [0.2, 0.25) is 0 Å². The molecular weight excluding hydrogens is 691 g/mol. The molecule has 0 aliphatic carbocycles. The van der Waals surface area contributed by atoms with Gasteiger partial charge in [-0.25, -0.2) is 9.69 Å². The summed E-state index contributed by atoms with van der Waals surface area (Å²) in [7, 11) is 0. The molecule has 4 rings (SSSR count). The van der Waals surface area contributed by atoms with Crippen molar-refractivity contribution in [2.45, 2.75) is 33.3 Å². The predicted octanol–water partition coefficient (Wildman–Crippen LogP) is 6.88. The van der Waals surface area contributed by atoms with Gasteiger partial charge in [0.1, 0.15) is 17.9 Å². The van der Waals surface area contributed by atoms with Gasteiger partial charge in [0.05, 0.1) is 22.5 Å². The van der Waals surface area contributed by atoms with Gasteiger partial charge in [0.25, 0.3) is 11.8 Å². The predicted molar refractivity (Wildman–Crippen MR) is 165 cm³/mol. The van der Waals surface area contributed by atoms with E-state index in [2.05, 4.69) is 50.8 Å². The topological polar surface area (TPSA) is 94.2 Å². The van der Waals surface area contributed by atoms with Crippen LogP contribution in [-0.2, 0) is 16.2 Å². The highest BCUT2D eigenvalue weighted by molar-refractivity contribution is 14.1. The molecule has 4 amide bonds. The third-order valence-corrected chi connectivity index (χ3v) is 7.23. The van der Waals surface area contributed by atoms with Crippen molar-refractivity contribution in [2.24, 2.45) is 0 Å². The lowest BCUT2D eigenvalue weighted by molar-refractivity contribution is -0.122. The van der Waals surface area contributed by atoms with Gasteiger partial charge in [-0.3, -0.25) is 14.9 Å². The van der Waals surface area contributed by atoms with E-state index in [-0.39, 0.29) is 5.57 Å². The molecule has 0 saturated carbocycles. The Labute approximate surface area is 254 Å². The van der Waals surface area contributed by atoms with Crippen molar-refractivity contribution < 1.29 is 28.6 Å². The lowest BCUT2D eigenvalue weighted by Gasteiger charge is -2.26. The number of rotatable bonds is 11. The minimum atomic E-state index is -0.812. The summed E-state index contributed by atoms with van der Waals surface area (Å²) in [6.45, 7) is 5.25. The molecule has 0 radical (unpaired) electrons. The number of barbiturate groups is 1. The molecule has 0 atom stereocenters. The number of anilines is 1. The number of ether oxygens (including phenoxy) is 3. The SMILES string of the molecule is CCCCOc1ccc(N2C(=O)NC(=O)/C(=C/c3cc(I)c(OCc4ccc(Br)cc4)c(OCC)c3)C2=O)cc1. The Morgan fingerprint density at radius 3 is 2.35 bits per heavy atom. The average molecular weight is 719 g/mol. The van der Waals surface area contributed by atoms with Crippen LogP contribution in [0, 0.1) is 3.57 Å². The number of nitrogens with one attached hydrogen (secondary N) is 1. The number of unbranched alkanes of at least 4 members (excludes halogenated alkanes) is 1. The zero-order valence-corrected chi connectivity index (χ0v) is 25.8. The van der Waals surface area contributed by atoms with Crippen molar-refractivity contribution >= 4 is 68.1 Å². The van der Waals surface area contributed by atoms with Crippen molar-refractivity contribution in [2.75, 3.05) is 18.1 Å². The molecule has 8 nitrogen and oxygen atoms in total. The molecule has 0 aromatic heterocycles. The highest BCUT2D eigenvalue weighted by atomic mass is 127. The monoisotopic (exact) mass is 718 g/mol. The van der Waals surface area contributed by atoms with Gasteiger partial charge in [0.15, 0.2) is 11.5 Å². The average Bonchev–Trinajstić information content (AvgIpc) is 2.92. The number of hydrogen-bond donors (Lipinski definition) is 1. The molecule has 1 aliphatic rings. The number of hydrogen-bond acceptors (Lipinski definition) is 6. The quantitative estimate of drug-likeness (QED) is 0.101. The fourth-order valence-electron chi connectivity index (χ4n) is 3.89. The Morgan fingerprint density at radius 2 is 1.68 bits per heavy atom. The van der Waals surface area contributed by atoms with Crippen molar-refractivity contribution in [1.82, 2.24) is 5.32 Å². The lowest BCUT2D eigenvalue weighted by Crippen LogP contribution is -2.54. The highest BCUT2D eigenvalue weighted by Gasteiger charge is 2.37. The second-order valence-electron chi connectivity index (χ2n) is 8.83. The normalized spacial score (nSPS) is 14.3. The Hall–Kier alpha value is -3.38. The molecule has 208 valence electrons. The first-order valence-corrected chi connectivity index (χ1v) is 14.7. The van der Waals surface area contributed by atoms with Gasteiger partial charge in [0.2, 0.25) is 0 Å². The van der Waals surface area contributed by atoms with E-state index < -0.39 is 17.8 Å². The second-order valence-corrected chi connectivity index (χ2v) is 10.9. The van der Waals surface area contributed by atoms with E-state index in [4.69, 9.17) is 14.2 Å². The van der Waals surface area contributed by atoms with Crippen LogP contribution >= 0.6 is 38.5 Å². The maximum atomic E-state index is 13.4. The summed E-state index contributed by atoms with van der Waals surface area (Å²) in [6.07, 6.45) is 3.38. The number of urea groups is 1. The van der Waals surface area contributed by atoms with Crippen LogP contribution < -0.4 is 24.4 Å². The number of carbonyl (C=O) groups is 3. The molecule has 0 spiro atoms. The van der Waals surface area contributed by atoms with Gasteiger partial charge in [-0.2, -0.15) is 0 Å². The minimum absolute atomic E-state index is 0.176. The first kappa shape index (κ1) is 29.6. The molecule has 3 aromatic rings. The molecule has 3 aromatic carbocycles. The number of nitrogens with zero attached hydrogens (tertiary/aromatic N) is 1. The molecule has 40 heavy (non-hydrogen) atoms. The third-order valence-electron chi connectivity index (χ3n) is 5.90. The van der Waals surface area contributed by atoms with E-state index in [0.29, 0.717) is 48.3 Å². The van der Waals surface area contributed by atoms with Gasteiger partial charge in [0, 0.05) is 4.47 Å². The third kappa shape index (κ3) is 7.22. The number of amides is 4. The molecule has 1 saturated heterocycles. The van der Waals surface area contributed by atoms with Crippen LogP contribution in [0.5, 0.6) is 17.2 Å². The minimum Gasteiger partial charge on any atom is -0.494 e. The van der Waals surface area contributed by atoms with E-state index in [9.17, 15) is 14.4 Å². The maximum absolute atomic E-state index is 13.4. The van der Waals surface area contributed by atoms with Crippen LogP contribution in [0.25, 0.3) is 6.08 Å². The Bertz CT molecular complexity index is 1420. The van der Waals surface area contributed by atoms with Crippen LogP contribution in [-0.4, -0.2) is 31.1 Å². The summed E-state index contributed by atoms with van der Waals surface area (Å²) in [5, 5.41) is 2.26. The van der Waals surface area contributed by atoms with Crippen molar-refractivity contribution in [3.63, 3.8) is 0 Å². The Morgan fingerprint density at radius 1 is 0.950 bits per heavy atom. The number of benzene rings is 3. The lowest BCUT2D eigenvalue weighted by atomic mass is 10.1. The van der Waals surface area contributed by atoms with Crippen LogP contribution in [0.15, 0.2) is 70.7 Å². The standard InChI is InChI=1S/C30H28BrIN2O6/c1-3-5-14-39-23-12-10-22(11-13-23)34-29(36)24(28(35)33-30(34)37)15-20-16-25(32)27(26(17-20)38-4-2)40-18-19-6-8-21(31)9-7-19/h6-13,15-17H,3-5,14,18H2,1-2H3,(H,33,35,37)/b24-15-. The van der Waals surface area contributed by atoms with Crippen molar-refractivity contribution in [1.29, 1.82) is 0 Å². The van der Waals surface area contributed by atoms with Crippen LogP contribution in [0.3, 0.4) is 0 Å². The Balaban J connectivity index is 1.58.